The lowest BCUT2D eigenvalue weighted by Gasteiger charge is -2.36. The first-order valence-electron chi connectivity index (χ1n) is 8.67. The largest absolute Gasteiger partial charge is 0.508 e. The Morgan fingerprint density at radius 3 is 2.92 bits per heavy atom. The van der Waals surface area contributed by atoms with E-state index in [1.165, 1.54) is 12.1 Å². The van der Waals surface area contributed by atoms with E-state index in [1.54, 1.807) is 29.2 Å². The zero-order valence-corrected chi connectivity index (χ0v) is 14.2. The minimum absolute atomic E-state index is 0.0312. The van der Waals surface area contributed by atoms with Gasteiger partial charge in [-0.3, -0.25) is 4.79 Å². The molecule has 2 heterocycles. The number of nitrogens with one attached hydrogen (secondary N) is 1. The smallest absolute Gasteiger partial charge is 0.224 e. The quantitative estimate of drug-likeness (QED) is 0.677. The summed E-state index contributed by atoms with van der Waals surface area (Å²) < 4.78 is 13.6. The number of amides is 1. The van der Waals surface area contributed by atoms with Crippen LogP contribution in [0.15, 0.2) is 42.5 Å². The van der Waals surface area contributed by atoms with Gasteiger partial charge in [0.25, 0.3) is 0 Å². The highest BCUT2D eigenvalue weighted by molar-refractivity contribution is 5.86. The van der Waals surface area contributed by atoms with Gasteiger partial charge in [0.2, 0.25) is 5.91 Å². The first-order chi connectivity index (χ1) is 12.6. The second kappa shape index (κ2) is 6.46. The molecule has 4 N–H and O–H groups in total. The number of fused-ring (bicyclic) bond motifs is 3. The molecule has 0 aliphatic carbocycles. The lowest BCUT2D eigenvalue weighted by Crippen LogP contribution is -2.41. The number of rotatable bonds is 3. The molecule has 0 radical (unpaired) electrons. The molecular weight excluding hydrogens is 333 g/mol. The number of carbonyl (C=O) groups excluding carboxylic acids is 1. The normalized spacial score (nSPS) is 16.7. The number of aromatic nitrogens is 1. The second-order valence-corrected chi connectivity index (χ2v) is 6.58. The van der Waals surface area contributed by atoms with E-state index in [0.29, 0.717) is 18.5 Å². The summed E-state index contributed by atoms with van der Waals surface area (Å²) in [6.07, 6.45) is 0.950. The van der Waals surface area contributed by atoms with E-state index in [0.717, 1.165) is 22.2 Å². The maximum absolute atomic E-state index is 13.6. The van der Waals surface area contributed by atoms with Gasteiger partial charge in [0.15, 0.2) is 0 Å². The third-order valence-electron chi connectivity index (χ3n) is 4.95. The van der Waals surface area contributed by atoms with Gasteiger partial charge in [0, 0.05) is 36.1 Å². The zero-order chi connectivity index (χ0) is 18.3. The molecule has 1 aliphatic rings. The van der Waals surface area contributed by atoms with E-state index in [9.17, 15) is 14.3 Å². The number of carbonyl (C=O) groups is 1. The van der Waals surface area contributed by atoms with Gasteiger partial charge in [-0.2, -0.15) is 0 Å². The number of H-pyrrole nitrogens is 1. The first kappa shape index (κ1) is 16.6. The number of phenolic OH excluding ortho intramolecular Hbond substituents is 1. The van der Waals surface area contributed by atoms with Crippen molar-refractivity contribution in [2.75, 3.05) is 13.1 Å². The Balaban J connectivity index is 1.89. The predicted octanol–water partition coefficient (Wildman–Crippen LogP) is 2.84. The molecular formula is C20H20FN3O2. The van der Waals surface area contributed by atoms with Crippen LogP contribution >= 0.6 is 0 Å². The van der Waals surface area contributed by atoms with E-state index in [4.69, 9.17) is 5.73 Å². The zero-order valence-electron chi connectivity index (χ0n) is 14.2. The number of nitrogens with two attached hydrogens (primary N) is 1. The van der Waals surface area contributed by atoms with E-state index >= 15 is 0 Å². The molecule has 6 heteroatoms. The van der Waals surface area contributed by atoms with Crippen LogP contribution in [0.3, 0.4) is 0 Å². The van der Waals surface area contributed by atoms with Gasteiger partial charge in [-0.25, -0.2) is 4.39 Å². The average molecular weight is 353 g/mol. The highest BCUT2D eigenvalue weighted by Crippen LogP contribution is 2.39. The number of hydrogen-bond donors (Lipinski definition) is 3. The molecule has 1 atom stereocenters. The molecule has 2 aromatic carbocycles. The summed E-state index contributed by atoms with van der Waals surface area (Å²) in [6.45, 7) is 0.837. The van der Waals surface area contributed by atoms with Crippen LogP contribution < -0.4 is 5.73 Å². The Hall–Kier alpha value is -2.86. The molecule has 26 heavy (non-hydrogen) atoms. The number of benzene rings is 2. The molecule has 5 nitrogen and oxygen atoms in total. The van der Waals surface area contributed by atoms with Crippen molar-refractivity contribution >= 4 is 16.8 Å². The molecule has 1 unspecified atom stereocenters. The number of hydrogen-bond acceptors (Lipinski definition) is 3. The van der Waals surface area contributed by atoms with Crippen molar-refractivity contribution in [1.82, 2.24) is 9.88 Å². The molecule has 0 fully saturated rings. The van der Waals surface area contributed by atoms with E-state index in [1.807, 2.05) is 6.07 Å². The summed E-state index contributed by atoms with van der Waals surface area (Å²) in [5.41, 5.74) is 9.06. The molecule has 3 aromatic rings. The van der Waals surface area contributed by atoms with Gasteiger partial charge in [0.1, 0.15) is 11.6 Å². The Morgan fingerprint density at radius 1 is 1.31 bits per heavy atom. The summed E-state index contributed by atoms with van der Waals surface area (Å²) >= 11 is 0. The molecule has 1 amide bonds. The highest BCUT2D eigenvalue weighted by atomic mass is 19.1. The van der Waals surface area contributed by atoms with Crippen molar-refractivity contribution in [1.29, 1.82) is 0 Å². The molecule has 0 spiro atoms. The van der Waals surface area contributed by atoms with Crippen LogP contribution in [0.4, 0.5) is 4.39 Å². The summed E-state index contributed by atoms with van der Waals surface area (Å²) in [5, 5.41) is 10.9. The Morgan fingerprint density at radius 2 is 2.15 bits per heavy atom. The van der Waals surface area contributed by atoms with Crippen molar-refractivity contribution in [3.05, 3.63) is 65.1 Å². The van der Waals surface area contributed by atoms with Crippen LogP contribution in [0.1, 0.15) is 29.3 Å². The summed E-state index contributed by atoms with van der Waals surface area (Å²) in [4.78, 5) is 17.7. The van der Waals surface area contributed by atoms with Gasteiger partial charge in [-0.05, 0) is 47.9 Å². The van der Waals surface area contributed by atoms with Crippen molar-refractivity contribution < 1.29 is 14.3 Å². The highest BCUT2D eigenvalue weighted by Gasteiger charge is 2.34. The van der Waals surface area contributed by atoms with Crippen LogP contribution in [0.5, 0.6) is 5.75 Å². The second-order valence-electron chi connectivity index (χ2n) is 6.58. The summed E-state index contributed by atoms with van der Waals surface area (Å²) in [7, 11) is 0. The minimum atomic E-state index is -0.361. The molecule has 0 saturated heterocycles. The van der Waals surface area contributed by atoms with Gasteiger partial charge in [-0.1, -0.05) is 12.1 Å². The predicted molar refractivity (Wildman–Crippen MR) is 97.3 cm³/mol. The Kier molecular flexibility index (Phi) is 4.12. The average Bonchev–Trinajstić information content (AvgIpc) is 2.98. The third-order valence-corrected chi connectivity index (χ3v) is 4.95. The van der Waals surface area contributed by atoms with Crippen molar-refractivity contribution in [2.45, 2.75) is 18.9 Å². The van der Waals surface area contributed by atoms with E-state index in [-0.39, 0.29) is 36.5 Å². The van der Waals surface area contributed by atoms with E-state index < -0.39 is 0 Å². The standard InChI is InChI=1S/C20H20FN3O2/c21-13-4-5-15-16-7-9-24(18(26)6-8-22)20(19(16)23-17(15)11-13)12-2-1-3-14(25)10-12/h1-5,10-11,20,23,25H,6-9,22H2. The number of phenols is 1. The van der Waals surface area contributed by atoms with Crippen LogP contribution in [0.25, 0.3) is 10.9 Å². The summed E-state index contributed by atoms with van der Waals surface area (Å²) in [6, 6.07) is 11.2. The maximum atomic E-state index is 13.6. The number of nitrogens with zero attached hydrogens (tertiary/aromatic N) is 1. The number of aromatic amines is 1. The fourth-order valence-corrected chi connectivity index (χ4v) is 3.85. The lowest BCUT2D eigenvalue weighted by atomic mass is 9.92. The lowest BCUT2D eigenvalue weighted by molar-refractivity contribution is -0.133. The van der Waals surface area contributed by atoms with Gasteiger partial charge in [0.05, 0.1) is 6.04 Å². The monoisotopic (exact) mass is 353 g/mol. The van der Waals surface area contributed by atoms with Crippen LogP contribution in [-0.2, 0) is 11.2 Å². The number of halogens is 1. The van der Waals surface area contributed by atoms with Crippen molar-refractivity contribution in [3.8, 4) is 5.75 Å². The Labute approximate surface area is 150 Å². The molecule has 134 valence electrons. The topological polar surface area (TPSA) is 82.4 Å². The fourth-order valence-electron chi connectivity index (χ4n) is 3.85. The maximum Gasteiger partial charge on any atom is 0.224 e. The molecule has 4 rings (SSSR count). The Bertz CT molecular complexity index is 982. The molecule has 1 aliphatic heterocycles. The van der Waals surface area contributed by atoms with Gasteiger partial charge in [-0.15, -0.1) is 0 Å². The third kappa shape index (κ3) is 2.72. The van der Waals surface area contributed by atoms with E-state index in [2.05, 4.69) is 4.98 Å². The van der Waals surface area contributed by atoms with Crippen LogP contribution in [0, 0.1) is 5.82 Å². The molecule has 0 saturated carbocycles. The van der Waals surface area contributed by atoms with Gasteiger partial charge < -0.3 is 20.7 Å². The van der Waals surface area contributed by atoms with Crippen LogP contribution in [-0.4, -0.2) is 34.0 Å². The summed E-state index contributed by atoms with van der Waals surface area (Å²) in [5.74, 6) is -0.194. The van der Waals surface area contributed by atoms with Crippen molar-refractivity contribution in [2.24, 2.45) is 5.73 Å². The van der Waals surface area contributed by atoms with Crippen molar-refractivity contribution in [3.63, 3.8) is 0 Å². The van der Waals surface area contributed by atoms with Crippen LogP contribution in [0.2, 0.25) is 0 Å². The minimum Gasteiger partial charge on any atom is -0.508 e. The SMILES string of the molecule is NCCC(=O)N1CCc2c([nH]c3cc(F)ccc23)C1c1cccc(O)c1. The van der Waals surface area contributed by atoms with Gasteiger partial charge >= 0.3 is 0 Å². The molecule has 0 bridgehead atoms. The fraction of sp³-hybridized carbons (Fsp3) is 0.250. The molecule has 1 aromatic heterocycles. The first-order valence-corrected chi connectivity index (χ1v) is 8.67. The number of aromatic hydroxyl groups is 1.